The molecule has 0 aliphatic heterocycles. The van der Waals surface area contributed by atoms with Crippen molar-refractivity contribution in [3.63, 3.8) is 0 Å². The summed E-state index contributed by atoms with van der Waals surface area (Å²) in [5.41, 5.74) is 0.684. The lowest BCUT2D eigenvalue weighted by Gasteiger charge is -2.43. The van der Waals surface area contributed by atoms with Crippen LogP contribution in [0.5, 0.6) is 0 Å². The van der Waals surface area contributed by atoms with Gasteiger partial charge < -0.3 is 18.6 Å². The molecule has 0 heterocycles. The minimum Gasteiger partial charge on any atom is -0.448 e. The predicted molar refractivity (Wildman–Crippen MR) is 136 cm³/mol. The molecule has 3 atom stereocenters. The number of carbonyl (C=O) groups excluding carboxylic acids is 1. The van der Waals surface area contributed by atoms with Crippen molar-refractivity contribution >= 4 is 26.0 Å². The van der Waals surface area contributed by atoms with Gasteiger partial charge in [0.25, 0.3) is 0 Å². The van der Waals surface area contributed by atoms with Crippen LogP contribution in [0.4, 0.5) is 0 Å². The van der Waals surface area contributed by atoms with Crippen molar-refractivity contribution < 1.29 is 23.4 Å². The van der Waals surface area contributed by atoms with E-state index in [0.29, 0.717) is 26.2 Å². The maximum Gasteiger partial charge on any atom is 0.303 e. The molecular formula is C25H42O5SSi. The number of ether oxygens (including phenoxy) is 3. The summed E-state index contributed by atoms with van der Waals surface area (Å²) in [6.07, 6.45) is 2.23. The van der Waals surface area contributed by atoms with Gasteiger partial charge in [0.1, 0.15) is 0 Å². The number of hydrogen-bond acceptors (Lipinski definition) is 6. The molecule has 0 radical (unpaired) electrons. The number of rotatable bonds is 14. The number of thioether (sulfide) groups is 1. The highest BCUT2D eigenvalue weighted by atomic mass is 32.2. The number of aryl methyl sites for hydroxylation is 1. The average molecular weight is 483 g/mol. The Hall–Kier alpha value is -1.12. The first-order chi connectivity index (χ1) is 14.9. The Kier molecular flexibility index (Phi) is 12.2. The fourth-order valence-corrected chi connectivity index (χ4v) is 5.46. The second-order valence-electron chi connectivity index (χ2n) is 9.60. The van der Waals surface area contributed by atoms with Crippen LogP contribution < -0.4 is 0 Å². The summed E-state index contributed by atoms with van der Waals surface area (Å²) < 4.78 is 23.8. The third-order valence-electron chi connectivity index (χ3n) is 5.76. The largest absolute Gasteiger partial charge is 0.448 e. The predicted octanol–water partition coefficient (Wildman–Crippen LogP) is 6.22. The Morgan fingerprint density at radius 1 is 1.19 bits per heavy atom. The summed E-state index contributed by atoms with van der Waals surface area (Å²) in [6, 6.07) is 8.23. The van der Waals surface area contributed by atoms with Gasteiger partial charge in [-0.15, -0.1) is 6.58 Å². The normalized spacial score (nSPS) is 15.1. The number of esters is 1. The molecule has 182 valence electrons. The summed E-state index contributed by atoms with van der Waals surface area (Å²) in [4.78, 5) is 13.1. The zero-order chi connectivity index (χ0) is 24.4. The van der Waals surface area contributed by atoms with Gasteiger partial charge in [0.15, 0.2) is 13.8 Å². The molecule has 0 aliphatic carbocycles. The highest BCUT2D eigenvalue weighted by Gasteiger charge is 2.44. The highest BCUT2D eigenvalue weighted by Crippen LogP contribution is 2.41. The first kappa shape index (κ1) is 28.9. The van der Waals surface area contributed by atoms with E-state index in [0.717, 1.165) is 4.90 Å². The van der Waals surface area contributed by atoms with Gasteiger partial charge in [-0.3, -0.25) is 4.79 Å². The fraction of sp³-hybridized carbons (Fsp3) is 0.640. The second kappa shape index (κ2) is 13.6. The molecule has 1 aromatic rings. The summed E-state index contributed by atoms with van der Waals surface area (Å²) in [5.74, 6) is -0.336. The lowest BCUT2D eigenvalue weighted by molar-refractivity contribution is -0.147. The van der Waals surface area contributed by atoms with Crippen molar-refractivity contribution in [3.8, 4) is 0 Å². The molecule has 0 fully saturated rings. The molecule has 5 nitrogen and oxygen atoms in total. The number of methoxy groups -OCH3 is 1. The van der Waals surface area contributed by atoms with E-state index in [2.05, 4.69) is 71.6 Å². The quantitative estimate of drug-likeness (QED) is 0.0783. The molecule has 0 bridgehead atoms. The standard InChI is InChI=1S/C25H42O5SSi/c1-10-11-21(18-28-17-16-27-7)23(30-32(8,9)25(4,5)6)24(29-20(3)26)31-22-14-12-19(2)13-15-22/h10,12-15,21,23-24H,1,11,16-18H2,2-9H3/t21-,23+,24?/m1/s1. The molecule has 1 rings (SSSR count). The van der Waals surface area contributed by atoms with Gasteiger partial charge >= 0.3 is 5.97 Å². The zero-order valence-corrected chi connectivity index (χ0v) is 22.9. The first-order valence-corrected chi connectivity index (χ1v) is 15.0. The lowest BCUT2D eigenvalue weighted by Crippen LogP contribution is -2.50. The molecule has 1 unspecified atom stereocenters. The molecule has 0 aromatic heterocycles. The van der Waals surface area contributed by atoms with Crippen molar-refractivity contribution in [1.82, 2.24) is 0 Å². The van der Waals surface area contributed by atoms with Crippen LogP contribution in [-0.4, -0.2) is 52.8 Å². The van der Waals surface area contributed by atoms with E-state index in [9.17, 15) is 4.79 Å². The van der Waals surface area contributed by atoms with Crippen molar-refractivity contribution in [2.75, 3.05) is 26.9 Å². The van der Waals surface area contributed by atoms with Crippen molar-refractivity contribution in [3.05, 3.63) is 42.5 Å². The Balaban J connectivity index is 3.31. The maximum absolute atomic E-state index is 12.1. The van der Waals surface area contributed by atoms with Gasteiger partial charge in [0.05, 0.1) is 25.9 Å². The van der Waals surface area contributed by atoms with E-state index in [1.165, 1.54) is 24.2 Å². The van der Waals surface area contributed by atoms with Crippen LogP contribution in [-0.2, 0) is 23.4 Å². The average Bonchev–Trinajstić information content (AvgIpc) is 2.68. The van der Waals surface area contributed by atoms with Crippen molar-refractivity contribution in [2.45, 2.75) is 75.6 Å². The minimum absolute atomic E-state index is 0.0101. The molecule has 0 spiro atoms. The van der Waals surface area contributed by atoms with Gasteiger partial charge in [-0.1, -0.05) is 56.3 Å². The minimum atomic E-state index is -2.17. The topological polar surface area (TPSA) is 54.0 Å². The maximum atomic E-state index is 12.1. The first-order valence-electron chi connectivity index (χ1n) is 11.2. The summed E-state index contributed by atoms with van der Waals surface area (Å²) in [6.45, 7) is 20.0. The number of carbonyl (C=O) groups is 1. The lowest BCUT2D eigenvalue weighted by atomic mass is 10.00. The molecule has 0 saturated heterocycles. The number of hydrogen-bond donors (Lipinski definition) is 0. The van der Waals surface area contributed by atoms with Gasteiger partial charge in [0.2, 0.25) is 0 Å². The SMILES string of the molecule is C=CC[C@H](COCCOC)[C@H](O[Si](C)(C)C(C)(C)C)C(OC(C)=O)Sc1ccc(C)cc1. The molecule has 1 aromatic carbocycles. The van der Waals surface area contributed by atoms with Gasteiger partial charge in [0, 0.05) is 24.8 Å². The molecule has 0 amide bonds. The summed E-state index contributed by atoms with van der Waals surface area (Å²) in [7, 11) is -0.518. The van der Waals surface area contributed by atoms with E-state index in [4.69, 9.17) is 18.6 Å². The van der Waals surface area contributed by atoms with E-state index < -0.39 is 13.8 Å². The Morgan fingerprint density at radius 2 is 1.81 bits per heavy atom. The van der Waals surface area contributed by atoms with Crippen LogP contribution in [0.3, 0.4) is 0 Å². The third-order valence-corrected chi connectivity index (χ3v) is 11.4. The Labute approximate surface area is 200 Å². The smallest absolute Gasteiger partial charge is 0.303 e. The number of benzene rings is 1. The van der Waals surface area contributed by atoms with Gasteiger partial charge in [-0.05, 0) is 43.6 Å². The number of allylic oxidation sites excluding steroid dienone is 1. The zero-order valence-electron chi connectivity index (χ0n) is 21.1. The molecule has 7 heteroatoms. The fourth-order valence-electron chi connectivity index (χ4n) is 2.85. The Morgan fingerprint density at radius 3 is 2.31 bits per heavy atom. The van der Waals surface area contributed by atoms with E-state index in [1.54, 1.807) is 7.11 Å². The van der Waals surface area contributed by atoms with E-state index in [1.807, 2.05) is 6.08 Å². The van der Waals surface area contributed by atoms with Crippen LogP contribution in [0.1, 0.15) is 39.7 Å². The summed E-state index contributed by atoms with van der Waals surface area (Å²) in [5, 5.41) is 0.0101. The monoisotopic (exact) mass is 482 g/mol. The van der Waals surface area contributed by atoms with Gasteiger partial charge in [-0.25, -0.2) is 0 Å². The van der Waals surface area contributed by atoms with Gasteiger partial charge in [-0.2, -0.15) is 0 Å². The van der Waals surface area contributed by atoms with Crippen LogP contribution in [0.25, 0.3) is 0 Å². The molecule has 0 saturated carbocycles. The molecule has 0 N–H and O–H groups in total. The summed E-state index contributed by atoms with van der Waals surface area (Å²) >= 11 is 1.52. The van der Waals surface area contributed by atoms with Crippen molar-refractivity contribution in [1.29, 1.82) is 0 Å². The van der Waals surface area contributed by atoms with Crippen LogP contribution in [0, 0.1) is 12.8 Å². The second-order valence-corrected chi connectivity index (χ2v) is 15.5. The highest BCUT2D eigenvalue weighted by molar-refractivity contribution is 7.99. The van der Waals surface area contributed by atoms with Crippen LogP contribution in [0.15, 0.2) is 41.8 Å². The Bertz CT molecular complexity index is 699. The van der Waals surface area contributed by atoms with E-state index >= 15 is 0 Å². The van der Waals surface area contributed by atoms with Crippen LogP contribution >= 0.6 is 11.8 Å². The molecule has 0 aliphatic rings. The van der Waals surface area contributed by atoms with Crippen molar-refractivity contribution in [2.24, 2.45) is 5.92 Å². The van der Waals surface area contributed by atoms with E-state index in [-0.39, 0.29) is 23.0 Å². The molecule has 32 heavy (non-hydrogen) atoms. The third kappa shape index (κ3) is 9.79. The molecular weight excluding hydrogens is 440 g/mol. The van der Waals surface area contributed by atoms with Crippen LogP contribution in [0.2, 0.25) is 18.1 Å².